The number of carbonyl (C=O) groups is 1. The highest BCUT2D eigenvalue weighted by molar-refractivity contribution is 9.10. The summed E-state index contributed by atoms with van der Waals surface area (Å²) < 4.78 is 0.828. The molecule has 98 valence electrons. The second-order valence-corrected chi connectivity index (χ2v) is 6.21. The summed E-state index contributed by atoms with van der Waals surface area (Å²) in [6.45, 7) is 1.56. The number of nitrogens with zero attached hydrogens (tertiary/aromatic N) is 1. The second-order valence-electron chi connectivity index (χ2n) is 4.55. The minimum Gasteiger partial charge on any atom is -0.339 e. The Balaban J connectivity index is 2.07. The fourth-order valence-electron chi connectivity index (χ4n) is 2.15. The molecule has 1 aromatic carbocycles. The maximum Gasteiger partial charge on any atom is 0.253 e. The third-order valence-electron chi connectivity index (χ3n) is 3.23. The third-order valence-corrected chi connectivity index (χ3v) is 4.34. The number of halogens is 3. The Bertz CT molecular complexity index is 424. The fourth-order valence-corrected chi connectivity index (χ4v) is 3.32. The van der Waals surface area contributed by atoms with Crippen molar-refractivity contribution in [3.8, 4) is 0 Å². The summed E-state index contributed by atoms with van der Waals surface area (Å²) in [4.78, 5) is 14.2. The molecule has 1 aromatic rings. The van der Waals surface area contributed by atoms with Gasteiger partial charge >= 0.3 is 0 Å². The Kier molecular flexibility index (Phi) is 4.93. The van der Waals surface area contributed by atoms with Gasteiger partial charge in [-0.3, -0.25) is 4.79 Å². The van der Waals surface area contributed by atoms with E-state index in [4.69, 9.17) is 23.2 Å². The van der Waals surface area contributed by atoms with Crippen molar-refractivity contribution in [2.75, 3.05) is 19.0 Å². The van der Waals surface area contributed by atoms with E-state index in [2.05, 4.69) is 15.9 Å². The van der Waals surface area contributed by atoms with Crippen LogP contribution in [0.3, 0.4) is 0 Å². The Labute approximate surface area is 125 Å². The highest BCUT2D eigenvalue weighted by Crippen LogP contribution is 2.23. The summed E-state index contributed by atoms with van der Waals surface area (Å²) in [6.07, 6.45) is 1.97. The van der Waals surface area contributed by atoms with E-state index < -0.39 is 0 Å². The van der Waals surface area contributed by atoms with E-state index >= 15 is 0 Å². The standard InChI is InChI=1S/C13H14BrCl2NO/c14-11-5-10(6-12(16)7-11)13(18)17-3-1-9(8-15)2-4-17/h5-7,9H,1-4,8H2. The number of carbonyl (C=O) groups excluding carboxylic acids is 1. The quantitative estimate of drug-likeness (QED) is 0.732. The van der Waals surface area contributed by atoms with Crippen molar-refractivity contribution < 1.29 is 4.79 Å². The van der Waals surface area contributed by atoms with Crippen LogP contribution in [0.1, 0.15) is 23.2 Å². The molecule has 1 saturated heterocycles. The zero-order chi connectivity index (χ0) is 13.1. The molecule has 2 nitrogen and oxygen atoms in total. The molecule has 1 amide bonds. The number of alkyl halides is 1. The molecule has 1 heterocycles. The van der Waals surface area contributed by atoms with Crippen LogP contribution >= 0.6 is 39.1 Å². The van der Waals surface area contributed by atoms with Crippen LogP contribution in [0.2, 0.25) is 5.02 Å². The third kappa shape index (κ3) is 3.40. The van der Waals surface area contributed by atoms with Gasteiger partial charge in [0.25, 0.3) is 5.91 Å². The Hall–Kier alpha value is -0.250. The van der Waals surface area contributed by atoms with Crippen molar-refractivity contribution in [3.63, 3.8) is 0 Å². The highest BCUT2D eigenvalue weighted by Gasteiger charge is 2.23. The molecule has 0 saturated carbocycles. The SMILES string of the molecule is O=C(c1cc(Cl)cc(Br)c1)N1CCC(CCl)CC1. The van der Waals surface area contributed by atoms with Gasteiger partial charge in [-0.25, -0.2) is 0 Å². The Morgan fingerprint density at radius 3 is 2.56 bits per heavy atom. The maximum absolute atomic E-state index is 12.3. The van der Waals surface area contributed by atoms with Gasteiger partial charge in [-0.05, 0) is 37.0 Å². The molecule has 0 atom stereocenters. The molecule has 2 rings (SSSR count). The van der Waals surface area contributed by atoms with E-state index in [9.17, 15) is 4.79 Å². The normalized spacial score (nSPS) is 16.9. The van der Waals surface area contributed by atoms with Crippen molar-refractivity contribution in [1.29, 1.82) is 0 Å². The lowest BCUT2D eigenvalue weighted by Crippen LogP contribution is -2.38. The lowest BCUT2D eigenvalue weighted by Gasteiger charge is -2.31. The van der Waals surface area contributed by atoms with E-state index in [0.29, 0.717) is 22.4 Å². The number of rotatable bonds is 2. The molecular formula is C13H14BrCl2NO. The molecule has 5 heteroatoms. The van der Waals surface area contributed by atoms with Crippen molar-refractivity contribution in [1.82, 2.24) is 4.90 Å². The zero-order valence-corrected chi connectivity index (χ0v) is 12.9. The first-order chi connectivity index (χ1) is 8.60. The van der Waals surface area contributed by atoms with Gasteiger partial charge < -0.3 is 4.90 Å². The van der Waals surface area contributed by atoms with Gasteiger partial charge in [0, 0.05) is 34.0 Å². The summed E-state index contributed by atoms with van der Waals surface area (Å²) in [7, 11) is 0. The summed E-state index contributed by atoms with van der Waals surface area (Å²) in [5.41, 5.74) is 0.638. The first kappa shape index (κ1) is 14.2. The smallest absolute Gasteiger partial charge is 0.253 e. The molecule has 0 aromatic heterocycles. The Morgan fingerprint density at radius 1 is 1.33 bits per heavy atom. The van der Waals surface area contributed by atoms with Gasteiger partial charge in [-0.15, -0.1) is 11.6 Å². The number of likely N-dealkylation sites (tertiary alicyclic amines) is 1. The topological polar surface area (TPSA) is 20.3 Å². The molecule has 0 radical (unpaired) electrons. The van der Waals surface area contributed by atoms with Crippen molar-refractivity contribution in [3.05, 3.63) is 33.3 Å². The summed E-state index contributed by atoms with van der Waals surface area (Å²) in [6, 6.07) is 5.29. The van der Waals surface area contributed by atoms with Crippen molar-refractivity contribution in [2.45, 2.75) is 12.8 Å². The molecule has 18 heavy (non-hydrogen) atoms. The Morgan fingerprint density at radius 2 is 2.00 bits per heavy atom. The van der Waals surface area contributed by atoms with Crippen LogP contribution in [0, 0.1) is 5.92 Å². The number of piperidine rings is 1. The molecular weight excluding hydrogens is 337 g/mol. The molecule has 1 fully saturated rings. The van der Waals surface area contributed by atoms with E-state index in [0.717, 1.165) is 30.4 Å². The zero-order valence-electron chi connectivity index (χ0n) is 9.83. The summed E-state index contributed by atoms with van der Waals surface area (Å²) in [5.74, 6) is 1.28. The van der Waals surface area contributed by atoms with Crippen LogP contribution in [-0.2, 0) is 0 Å². The van der Waals surface area contributed by atoms with Gasteiger partial charge in [-0.2, -0.15) is 0 Å². The molecule has 1 aliphatic rings. The molecule has 0 bridgehead atoms. The highest BCUT2D eigenvalue weighted by atomic mass is 79.9. The first-order valence-corrected chi connectivity index (χ1v) is 7.62. The number of amides is 1. The van der Waals surface area contributed by atoms with Crippen molar-refractivity contribution in [2.24, 2.45) is 5.92 Å². The van der Waals surface area contributed by atoms with E-state index in [-0.39, 0.29) is 5.91 Å². The molecule has 1 aliphatic heterocycles. The van der Waals surface area contributed by atoms with Gasteiger partial charge in [-0.1, -0.05) is 27.5 Å². The maximum atomic E-state index is 12.3. The second kappa shape index (κ2) is 6.27. The lowest BCUT2D eigenvalue weighted by molar-refractivity contribution is 0.0698. The van der Waals surface area contributed by atoms with Crippen molar-refractivity contribution >= 4 is 45.0 Å². The van der Waals surface area contributed by atoms with Crippen LogP contribution in [-0.4, -0.2) is 29.8 Å². The van der Waals surface area contributed by atoms with E-state index in [1.165, 1.54) is 0 Å². The average Bonchev–Trinajstić information content (AvgIpc) is 2.37. The van der Waals surface area contributed by atoms with Crippen LogP contribution < -0.4 is 0 Å². The fraction of sp³-hybridized carbons (Fsp3) is 0.462. The monoisotopic (exact) mass is 349 g/mol. The van der Waals surface area contributed by atoms with Crippen LogP contribution in [0.5, 0.6) is 0 Å². The number of benzene rings is 1. The molecule has 0 unspecified atom stereocenters. The minimum atomic E-state index is 0.0474. The average molecular weight is 351 g/mol. The number of hydrogen-bond acceptors (Lipinski definition) is 1. The molecule has 0 aliphatic carbocycles. The predicted octanol–water partition coefficient (Wildman–Crippen LogP) is 4.19. The summed E-state index contributed by atoms with van der Waals surface area (Å²) in [5, 5.41) is 0.573. The minimum absolute atomic E-state index is 0.0474. The van der Waals surface area contributed by atoms with E-state index in [1.54, 1.807) is 12.1 Å². The molecule has 0 spiro atoms. The van der Waals surface area contributed by atoms with Gasteiger partial charge in [0.05, 0.1) is 0 Å². The predicted molar refractivity (Wildman–Crippen MR) is 78.5 cm³/mol. The van der Waals surface area contributed by atoms with Crippen LogP contribution in [0.15, 0.2) is 22.7 Å². The largest absolute Gasteiger partial charge is 0.339 e. The van der Waals surface area contributed by atoms with E-state index in [1.807, 2.05) is 11.0 Å². The van der Waals surface area contributed by atoms with Gasteiger partial charge in [0.1, 0.15) is 0 Å². The van der Waals surface area contributed by atoms with Crippen LogP contribution in [0.4, 0.5) is 0 Å². The molecule has 0 N–H and O–H groups in total. The van der Waals surface area contributed by atoms with Crippen LogP contribution in [0.25, 0.3) is 0 Å². The lowest BCUT2D eigenvalue weighted by atomic mass is 9.98. The van der Waals surface area contributed by atoms with Gasteiger partial charge in [0.2, 0.25) is 0 Å². The number of hydrogen-bond donors (Lipinski definition) is 0. The summed E-state index contributed by atoms with van der Waals surface area (Å²) >= 11 is 15.2. The first-order valence-electron chi connectivity index (χ1n) is 5.91. The van der Waals surface area contributed by atoms with Gasteiger partial charge in [0.15, 0.2) is 0 Å².